The summed E-state index contributed by atoms with van der Waals surface area (Å²) in [5.74, 6) is -0.111. The normalized spacial score (nSPS) is 9.88. The van der Waals surface area contributed by atoms with Gasteiger partial charge in [-0.05, 0) is 31.5 Å². The molecule has 0 saturated heterocycles. The van der Waals surface area contributed by atoms with E-state index in [1.54, 1.807) is 24.0 Å². The van der Waals surface area contributed by atoms with Gasteiger partial charge in [0.25, 0.3) is 5.91 Å². The molecule has 0 aliphatic rings. The molecular weight excluding hydrogens is 202 g/mol. The van der Waals surface area contributed by atoms with Crippen molar-refractivity contribution in [1.82, 2.24) is 0 Å². The number of aliphatic hydroxyl groups is 1. The fraction of sp³-hybridized carbons (Fsp3) is 0.308. The van der Waals surface area contributed by atoms with Gasteiger partial charge in [-0.2, -0.15) is 0 Å². The Morgan fingerprint density at radius 3 is 2.62 bits per heavy atom. The molecule has 0 saturated carbocycles. The van der Waals surface area contributed by atoms with Crippen molar-refractivity contribution in [2.45, 2.75) is 13.3 Å². The Morgan fingerprint density at radius 2 is 2.12 bits per heavy atom. The van der Waals surface area contributed by atoms with Crippen LogP contribution in [0.2, 0.25) is 0 Å². The maximum absolute atomic E-state index is 11.9. The highest BCUT2D eigenvalue weighted by Gasteiger charge is 2.15. The molecule has 0 atom stereocenters. The fourth-order valence-corrected chi connectivity index (χ4v) is 1.37. The first-order valence-electron chi connectivity index (χ1n) is 5.21. The monoisotopic (exact) mass is 218 g/mol. The second-order valence-corrected chi connectivity index (χ2v) is 3.57. The minimum Gasteiger partial charge on any atom is -0.396 e. The molecule has 1 N–H and O–H groups in total. The Labute approximate surface area is 96.0 Å². The van der Waals surface area contributed by atoms with E-state index in [1.165, 1.54) is 0 Å². The smallest absolute Gasteiger partial charge is 0.253 e. The van der Waals surface area contributed by atoms with Crippen LogP contribution in [0, 0.1) is 6.07 Å². The van der Waals surface area contributed by atoms with Crippen LogP contribution in [0.15, 0.2) is 36.4 Å². The lowest BCUT2D eigenvalue weighted by atomic mass is 10.2. The number of hydrogen-bond acceptors (Lipinski definition) is 2. The average molecular weight is 218 g/mol. The number of amides is 1. The number of carbonyl (C=O) groups is 1. The second-order valence-electron chi connectivity index (χ2n) is 3.57. The summed E-state index contributed by atoms with van der Waals surface area (Å²) in [6, 6.07) is 10.1. The van der Waals surface area contributed by atoms with Crippen molar-refractivity contribution in [1.29, 1.82) is 0 Å². The van der Waals surface area contributed by atoms with E-state index in [-0.39, 0.29) is 12.5 Å². The summed E-state index contributed by atoms with van der Waals surface area (Å²) in [5.41, 5.74) is 1.30. The highest BCUT2D eigenvalue weighted by atomic mass is 16.3. The van der Waals surface area contributed by atoms with Crippen molar-refractivity contribution in [2.75, 3.05) is 18.1 Å². The predicted octanol–water partition coefficient (Wildman–Crippen LogP) is 1.78. The average Bonchev–Trinajstić information content (AvgIpc) is 2.30. The first-order chi connectivity index (χ1) is 7.66. The zero-order valence-corrected chi connectivity index (χ0v) is 9.44. The van der Waals surface area contributed by atoms with Gasteiger partial charge in [0.2, 0.25) is 0 Å². The minimum atomic E-state index is -0.111. The number of anilines is 1. The van der Waals surface area contributed by atoms with Gasteiger partial charge in [0.05, 0.1) is 0 Å². The molecule has 0 bridgehead atoms. The van der Waals surface area contributed by atoms with Crippen molar-refractivity contribution in [2.24, 2.45) is 0 Å². The van der Waals surface area contributed by atoms with E-state index >= 15 is 0 Å². The summed E-state index contributed by atoms with van der Waals surface area (Å²) < 4.78 is 0. The van der Waals surface area contributed by atoms with Gasteiger partial charge in [0.1, 0.15) is 0 Å². The van der Waals surface area contributed by atoms with Gasteiger partial charge in [-0.3, -0.25) is 4.79 Å². The summed E-state index contributed by atoms with van der Waals surface area (Å²) in [7, 11) is 0. The minimum absolute atomic E-state index is 0.0684. The van der Waals surface area contributed by atoms with E-state index < -0.39 is 0 Å². The molecule has 0 unspecified atom stereocenters. The predicted molar refractivity (Wildman–Crippen MR) is 64.1 cm³/mol. The summed E-state index contributed by atoms with van der Waals surface area (Å²) in [4.78, 5) is 13.5. The van der Waals surface area contributed by atoms with Crippen molar-refractivity contribution in [3.05, 3.63) is 42.5 Å². The first kappa shape index (κ1) is 12.5. The van der Waals surface area contributed by atoms with Gasteiger partial charge >= 0.3 is 0 Å². The molecule has 3 nitrogen and oxygen atoms in total. The van der Waals surface area contributed by atoms with Gasteiger partial charge in [-0.1, -0.05) is 18.7 Å². The van der Waals surface area contributed by atoms with Crippen LogP contribution in [-0.2, 0) is 4.79 Å². The van der Waals surface area contributed by atoms with Crippen LogP contribution in [0.3, 0.4) is 0 Å². The fourth-order valence-electron chi connectivity index (χ4n) is 1.37. The van der Waals surface area contributed by atoms with E-state index in [0.29, 0.717) is 18.5 Å². The van der Waals surface area contributed by atoms with Crippen molar-refractivity contribution >= 4 is 11.6 Å². The number of nitrogens with zero attached hydrogens (tertiary/aromatic N) is 1. The van der Waals surface area contributed by atoms with Crippen LogP contribution in [0.5, 0.6) is 0 Å². The number of benzene rings is 1. The van der Waals surface area contributed by atoms with Crippen molar-refractivity contribution in [3.63, 3.8) is 0 Å². The Bertz CT molecular complexity index is 359. The Kier molecular flexibility index (Phi) is 4.73. The largest absolute Gasteiger partial charge is 0.396 e. The van der Waals surface area contributed by atoms with E-state index in [2.05, 4.69) is 12.6 Å². The second kappa shape index (κ2) is 6.08. The van der Waals surface area contributed by atoms with E-state index in [4.69, 9.17) is 5.11 Å². The van der Waals surface area contributed by atoms with Crippen LogP contribution in [0.25, 0.3) is 0 Å². The van der Waals surface area contributed by atoms with Gasteiger partial charge < -0.3 is 10.0 Å². The number of carbonyl (C=O) groups excluding carboxylic acids is 1. The first-order valence-corrected chi connectivity index (χ1v) is 5.21. The quantitative estimate of drug-likeness (QED) is 0.765. The third-order valence-electron chi connectivity index (χ3n) is 2.16. The number of hydrogen-bond donors (Lipinski definition) is 1. The van der Waals surface area contributed by atoms with Crippen molar-refractivity contribution < 1.29 is 9.90 Å². The molecule has 1 radical (unpaired) electrons. The maximum Gasteiger partial charge on any atom is 0.253 e. The van der Waals surface area contributed by atoms with Gasteiger partial charge in [-0.15, -0.1) is 0 Å². The van der Waals surface area contributed by atoms with E-state index in [9.17, 15) is 4.79 Å². The van der Waals surface area contributed by atoms with Crippen LogP contribution >= 0.6 is 0 Å². The third kappa shape index (κ3) is 3.21. The molecule has 1 aromatic carbocycles. The van der Waals surface area contributed by atoms with Gasteiger partial charge in [0, 0.05) is 24.4 Å². The summed E-state index contributed by atoms with van der Waals surface area (Å²) in [5, 5.41) is 8.82. The van der Waals surface area contributed by atoms with Crippen molar-refractivity contribution in [3.8, 4) is 0 Å². The highest BCUT2D eigenvalue weighted by Crippen LogP contribution is 2.15. The molecule has 0 aliphatic heterocycles. The standard InChI is InChI=1S/C13H16NO2/c1-11(2)13(16)14(9-6-10-15)12-7-4-3-5-8-12/h4-5,7-8,15H,1,6,9-10H2,2H3. The molecule has 0 spiro atoms. The Balaban J connectivity index is 2.87. The molecule has 0 fully saturated rings. The highest BCUT2D eigenvalue weighted by molar-refractivity contribution is 6.04. The van der Waals surface area contributed by atoms with E-state index in [0.717, 1.165) is 5.69 Å². The molecule has 3 heteroatoms. The number of rotatable bonds is 5. The molecular formula is C13H16NO2. The summed E-state index contributed by atoms with van der Waals surface area (Å²) >= 11 is 0. The van der Waals surface area contributed by atoms with E-state index in [1.807, 2.05) is 12.1 Å². The Morgan fingerprint density at radius 1 is 1.50 bits per heavy atom. The molecule has 0 heterocycles. The molecule has 0 aliphatic carbocycles. The van der Waals surface area contributed by atoms with Crippen LogP contribution < -0.4 is 4.90 Å². The molecule has 0 aromatic heterocycles. The lowest BCUT2D eigenvalue weighted by Crippen LogP contribution is -2.32. The molecule has 16 heavy (non-hydrogen) atoms. The van der Waals surface area contributed by atoms with Crippen LogP contribution in [0.1, 0.15) is 13.3 Å². The van der Waals surface area contributed by atoms with Crippen LogP contribution in [-0.4, -0.2) is 24.2 Å². The third-order valence-corrected chi connectivity index (χ3v) is 2.16. The summed E-state index contributed by atoms with van der Waals surface area (Å²) in [6.45, 7) is 5.89. The zero-order chi connectivity index (χ0) is 12.0. The lowest BCUT2D eigenvalue weighted by Gasteiger charge is -2.22. The zero-order valence-electron chi connectivity index (χ0n) is 9.44. The van der Waals surface area contributed by atoms with Gasteiger partial charge in [-0.25, -0.2) is 0 Å². The number of aliphatic hydroxyl groups excluding tert-OH is 1. The van der Waals surface area contributed by atoms with Crippen LogP contribution in [0.4, 0.5) is 5.69 Å². The SMILES string of the molecule is C=C(C)C(=O)N(CCCO)c1cc[c]cc1. The lowest BCUT2D eigenvalue weighted by molar-refractivity contribution is -0.115. The molecule has 1 rings (SSSR count). The summed E-state index contributed by atoms with van der Waals surface area (Å²) in [6.07, 6.45) is 0.553. The molecule has 1 aromatic rings. The maximum atomic E-state index is 11.9. The topological polar surface area (TPSA) is 40.5 Å². The van der Waals surface area contributed by atoms with Gasteiger partial charge in [0.15, 0.2) is 0 Å². The molecule has 85 valence electrons. The molecule has 1 amide bonds. The Hall–Kier alpha value is -1.61.